The first-order valence-corrected chi connectivity index (χ1v) is 16.5. The second-order valence-electron chi connectivity index (χ2n) is 12.0. The van der Waals surface area contributed by atoms with Crippen LogP contribution in [-0.2, 0) is 22.0 Å². The van der Waals surface area contributed by atoms with E-state index < -0.39 is 10.0 Å². The molecule has 1 fully saturated rings. The van der Waals surface area contributed by atoms with E-state index in [1.807, 2.05) is 35.4 Å². The Hall–Kier alpha value is -3.39. The number of sulfonamides is 1. The van der Waals surface area contributed by atoms with Crippen molar-refractivity contribution < 1.29 is 13.2 Å². The molecule has 1 saturated carbocycles. The Morgan fingerprint density at radius 1 is 0.902 bits per heavy atom. The molecule has 2 amide bonds. The molecule has 2 N–H and O–H groups in total. The second kappa shape index (κ2) is 13.1. The summed E-state index contributed by atoms with van der Waals surface area (Å²) >= 11 is 0. The largest absolute Gasteiger partial charge is 0.322 e. The highest BCUT2D eigenvalue weighted by atomic mass is 32.2. The minimum Gasteiger partial charge on any atom is -0.319 e. The first-order chi connectivity index (χ1) is 19.5. The van der Waals surface area contributed by atoms with Crippen molar-refractivity contribution in [3.05, 3.63) is 89.2 Å². The number of nitrogens with zero attached hydrogens (tertiary/aromatic N) is 2. The molecule has 1 aliphatic carbocycles. The van der Waals surface area contributed by atoms with Crippen molar-refractivity contribution in [1.82, 2.24) is 9.88 Å². The van der Waals surface area contributed by atoms with Crippen LogP contribution in [0.25, 0.3) is 0 Å². The topological polar surface area (TPSA) is 91.4 Å². The standard InChI is InChI=1S/C33H44N4O3S/c1-24(2)28-12-11-13-29(25(3)4)31(28)35-32(38)37(22-26-15-17-27(18-16-26)36-41(5,39)40)23-33(19-8-6-9-20-33)30-14-7-10-21-34-30/h7,10-18,21,24-25,36H,6,8-9,19-20,22-23H2,1-5H3,(H,35,38). The van der Waals surface area contributed by atoms with Crippen molar-refractivity contribution in [2.45, 2.75) is 83.6 Å². The van der Waals surface area contributed by atoms with Crippen molar-refractivity contribution in [3.63, 3.8) is 0 Å². The third kappa shape index (κ3) is 7.88. The summed E-state index contributed by atoms with van der Waals surface area (Å²) in [6, 6.07) is 19.4. The summed E-state index contributed by atoms with van der Waals surface area (Å²) in [7, 11) is -3.37. The van der Waals surface area contributed by atoms with Gasteiger partial charge < -0.3 is 10.2 Å². The summed E-state index contributed by atoms with van der Waals surface area (Å²) in [4.78, 5) is 21.0. The number of urea groups is 1. The minimum absolute atomic E-state index is 0.140. The first-order valence-electron chi connectivity index (χ1n) is 14.6. The van der Waals surface area contributed by atoms with Gasteiger partial charge in [-0.1, -0.05) is 83.4 Å². The van der Waals surface area contributed by atoms with Crippen LogP contribution in [0.15, 0.2) is 66.9 Å². The molecule has 2 aromatic carbocycles. The molecule has 0 radical (unpaired) electrons. The highest BCUT2D eigenvalue weighted by Crippen LogP contribution is 2.40. The predicted octanol–water partition coefficient (Wildman–Crippen LogP) is 7.64. The number of nitrogens with one attached hydrogen (secondary N) is 2. The van der Waals surface area contributed by atoms with Gasteiger partial charge in [-0.15, -0.1) is 0 Å². The van der Waals surface area contributed by atoms with E-state index in [4.69, 9.17) is 4.98 Å². The molecule has 7 nitrogen and oxygen atoms in total. The van der Waals surface area contributed by atoms with Gasteiger partial charge in [-0.25, -0.2) is 13.2 Å². The van der Waals surface area contributed by atoms with E-state index in [0.717, 1.165) is 60.0 Å². The van der Waals surface area contributed by atoms with E-state index in [-0.39, 0.29) is 23.3 Å². The number of benzene rings is 2. The van der Waals surface area contributed by atoms with Crippen LogP contribution in [0.3, 0.4) is 0 Å². The lowest BCUT2D eigenvalue weighted by Gasteiger charge is -2.41. The van der Waals surface area contributed by atoms with Crippen LogP contribution in [-0.4, -0.2) is 37.1 Å². The Kier molecular flexibility index (Phi) is 9.74. The fourth-order valence-corrected chi connectivity index (χ4v) is 6.52. The lowest BCUT2D eigenvalue weighted by atomic mass is 9.71. The van der Waals surface area contributed by atoms with Gasteiger partial charge in [0, 0.05) is 41.8 Å². The third-order valence-corrected chi connectivity index (χ3v) is 8.64. The molecule has 0 aliphatic heterocycles. The van der Waals surface area contributed by atoms with E-state index in [1.165, 1.54) is 6.42 Å². The summed E-state index contributed by atoms with van der Waals surface area (Å²) in [6.45, 7) is 9.53. The zero-order valence-electron chi connectivity index (χ0n) is 25.0. The van der Waals surface area contributed by atoms with E-state index in [9.17, 15) is 13.2 Å². The lowest BCUT2D eigenvalue weighted by Crippen LogP contribution is -2.46. The maximum Gasteiger partial charge on any atom is 0.322 e. The zero-order valence-corrected chi connectivity index (χ0v) is 25.8. The third-order valence-electron chi connectivity index (χ3n) is 8.04. The number of para-hydroxylation sites is 1. The number of carbonyl (C=O) groups excluding carboxylic acids is 1. The Morgan fingerprint density at radius 2 is 1.54 bits per heavy atom. The normalized spacial score (nSPS) is 15.1. The molecule has 8 heteroatoms. The predicted molar refractivity (Wildman–Crippen MR) is 168 cm³/mol. The number of anilines is 2. The van der Waals surface area contributed by atoms with E-state index in [1.54, 1.807) is 12.1 Å². The first kappa shape index (κ1) is 30.6. The van der Waals surface area contributed by atoms with Gasteiger partial charge in [0.2, 0.25) is 10.0 Å². The summed E-state index contributed by atoms with van der Waals surface area (Å²) in [5, 5.41) is 3.34. The number of aromatic nitrogens is 1. The SMILES string of the molecule is CC(C)c1cccc(C(C)C)c1NC(=O)N(Cc1ccc(NS(C)(=O)=O)cc1)CC1(c2ccccn2)CCCCC1. The van der Waals surface area contributed by atoms with Gasteiger partial charge >= 0.3 is 6.03 Å². The summed E-state index contributed by atoms with van der Waals surface area (Å²) < 4.78 is 25.9. The summed E-state index contributed by atoms with van der Waals surface area (Å²) in [5.41, 5.74) is 5.37. The fraction of sp³-hybridized carbons (Fsp3) is 0.455. The molecule has 0 spiro atoms. The number of pyridine rings is 1. The molecule has 4 rings (SSSR count). The molecule has 1 aliphatic rings. The van der Waals surface area contributed by atoms with Crippen molar-refractivity contribution in [2.75, 3.05) is 22.8 Å². The van der Waals surface area contributed by atoms with Crippen LogP contribution in [0.1, 0.15) is 94.0 Å². The zero-order chi connectivity index (χ0) is 29.6. The smallest absolute Gasteiger partial charge is 0.319 e. The van der Waals surface area contributed by atoms with Crippen LogP contribution >= 0.6 is 0 Å². The van der Waals surface area contributed by atoms with Crippen LogP contribution < -0.4 is 10.0 Å². The maximum atomic E-state index is 14.3. The molecule has 0 saturated heterocycles. The number of amides is 2. The highest BCUT2D eigenvalue weighted by Gasteiger charge is 2.38. The van der Waals surface area contributed by atoms with Gasteiger partial charge in [0.1, 0.15) is 0 Å². The van der Waals surface area contributed by atoms with E-state index in [0.29, 0.717) is 18.8 Å². The monoisotopic (exact) mass is 576 g/mol. The second-order valence-corrected chi connectivity index (χ2v) is 13.8. The van der Waals surface area contributed by atoms with Crippen LogP contribution in [0.2, 0.25) is 0 Å². The highest BCUT2D eigenvalue weighted by molar-refractivity contribution is 7.92. The molecule has 220 valence electrons. The number of hydrogen-bond acceptors (Lipinski definition) is 4. The van der Waals surface area contributed by atoms with Crippen molar-refractivity contribution in [3.8, 4) is 0 Å². The molecular weight excluding hydrogens is 532 g/mol. The molecule has 0 bridgehead atoms. The Bertz CT molecular complexity index is 1390. The van der Waals surface area contributed by atoms with Crippen molar-refractivity contribution in [1.29, 1.82) is 0 Å². The Balaban J connectivity index is 1.71. The molecule has 1 heterocycles. The van der Waals surface area contributed by atoms with Crippen molar-refractivity contribution in [2.24, 2.45) is 0 Å². The van der Waals surface area contributed by atoms with Gasteiger partial charge in [-0.05, 0) is 65.6 Å². The number of hydrogen-bond donors (Lipinski definition) is 2. The summed E-state index contributed by atoms with van der Waals surface area (Å²) in [5.74, 6) is 0.510. The molecular formula is C33H44N4O3S. The number of carbonyl (C=O) groups is 1. The van der Waals surface area contributed by atoms with E-state index in [2.05, 4.69) is 62.0 Å². The van der Waals surface area contributed by atoms with E-state index >= 15 is 0 Å². The molecule has 3 aromatic rings. The van der Waals surface area contributed by atoms with Gasteiger partial charge in [-0.3, -0.25) is 9.71 Å². The van der Waals surface area contributed by atoms with Crippen LogP contribution in [0.5, 0.6) is 0 Å². The maximum absolute atomic E-state index is 14.3. The average molecular weight is 577 g/mol. The number of rotatable bonds is 10. The quantitative estimate of drug-likeness (QED) is 0.259. The minimum atomic E-state index is -3.37. The molecule has 41 heavy (non-hydrogen) atoms. The Labute approximate surface area is 245 Å². The molecule has 0 atom stereocenters. The van der Waals surface area contributed by atoms with Gasteiger partial charge in [0.25, 0.3) is 0 Å². The Morgan fingerprint density at radius 3 is 2.07 bits per heavy atom. The van der Waals surface area contributed by atoms with Gasteiger partial charge in [-0.2, -0.15) is 0 Å². The molecule has 1 aromatic heterocycles. The van der Waals surface area contributed by atoms with Gasteiger partial charge in [0.15, 0.2) is 0 Å². The molecule has 0 unspecified atom stereocenters. The summed E-state index contributed by atoms with van der Waals surface area (Å²) in [6.07, 6.45) is 8.33. The van der Waals surface area contributed by atoms with Crippen LogP contribution in [0, 0.1) is 0 Å². The van der Waals surface area contributed by atoms with Crippen molar-refractivity contribution >= 4 is 27.4 Å². The lowest BCUT2D eigenvalue weighted by molar-refractivity contribution is 0.167. The van der Waals surface area contributed by atoms with Gasteiger partial charge in [0.05, 0.1) is 6.26 Å². The fourth-order valence-electron chi connectivity index (χ4n) is 5.96. The van der Waals surface area contributed by atoms with Crippen LogP contribution in [0.4, 0.5) is 16.2 Å². The average Bonchev–Trinajstić information content (AvgIpc) is 2.93.